The zero-order chi connectivity index (χ0) is 26.5. The summed E-state index contributed by atoms with van der Waals surface area (Å²) in [6.45, 7) is 22.2. The molecular formula is C32H48ClF. The molecule has 0 nitrogen and oxygen atoms in total. The van der Waals surface area contributed by atoms with Crippen molar-refractivity contribution in [3.63, 3.8) is 0 Å². The minimum absolute atomic E-state index is 0.252. The highest BCUT2D eigenvalue weighted by Crippen LogP contribution is 2.31. The van der Waals surface area contributed by atoms with Crippen molar-refractivity contribution < 1.29 is 4.39 Å². The van der Waals surface area contributed by atoms with Crippen molar-refractivity contribution >= 4 is 22.7 Å². The van der Waals surface area contributed by atoms with Gasteiger partial charge in [-0.05, 0) is 80.2 Å². The Morgan fingerprint density at radius 1 is 0.882 bits per heavy atom. The third kappa shape index (κ3) is 14.2. The molecule has 0 fully saturated rings. The maximum atomic E-state index is 14.2. The molecule has 0 N–H and O–H groups in total. The monoisotopic (exact) mass is 486 g/mol. The molecule has 0 radical (unpaired) electrons. The Kier molecular flexibility index (Phi) is 21.4. The topological polar surface area (TPSA) is 0 Å². The van der Waals surface area contributed by atoms with Gasteiger partial charge in [0.05, 0.1) is 0 Å². The molecule has 2 heteroatoms. The molecule has 0 heterocycles. The molecule has 0 spiro atoms. The lowest BCUT2D eigenvalue weighted by Gasteiger charge is -2.13. The van der Waals surface area contributed by atoms with E-state index >= 15 is 0 Å². The molecule has 2 aromatic carbocycles. The first-order valence-electron chi connectivity index (χ1n) is 12.7. The van der Waals surface area contributed by atoms with E-state index in [1.807, 2.05) is 13.8 Å². The lowest BCUT2D eigenvalue weighted by atomic mass is 9.93. The number of hydrogen-bond acceptors (Lipinski definition) is 0. The molecule has 0 bridgehead atoms. The summed E-state index contributed by atoms with van der Waals surface area (Å²) in [6, 6.07) is 11.0. The van der Waals surface area contributed by atoms with E-state index in [4.69, 9.17) is 11.6 Å². The van der Waals surface area contributed by atoms with Crippen molar-refractivity contribution in [2.75, 3.05) is 0 Å². The summed E-state index contributed by atoms with van der Waals surface area (Å²) in [4.78, 5) is 0. The smallest absolute Gasteiger partial charge is 0.130 e. The van der Waals surface area contributed by atoms with Crippen LogP contribution < -0.4 is 0 Å². The molecular weight excluding hydrogens is 439 g/mol. The molecule has 0 saturated heterocycles. The van der Waals surface area contributed by atoms with Gasteiger partial charge in [-0.1, -0.05) is 108 Å². The lowest BCUT2D eigenvalue weighted by Crippen LogP contribution is -1.93. The van der Waals surface area contributed by atoms with Crippen molar-refractivity contribution in [1.82, 2.24) is 0 Å². The average molecular weight is 487 g/mol. The third-order valence-corrected chi connectivity index (χ3v) is 5.31. The molecule has 0 aromatic heterocycles. The summed E-state index contributed by atoms with van der Waals surface area (Å²) in [6.07, 6.45) is 12.1. The SMILES string of the molecule is C=CC.CC/C=C\C(=C(/C)c1cc(Cl)ccc1F)c1ccc(C)c(C)c1.CCCC.CCCC. The molecule has 2 aromatic rings. The highest BCUT2D eigenvalue weighted by Gasteiger charge is 2.11. The van der Waals surface area contributed by atoms with Gasteiger partial charge in [0.25, 0.3) is 0 Å². The second-order valence-electron chi connectivity index (χ2n) is 8.18. The zero-order valence-corrected chi connectivity index (χ0v) is 24.0. The van der Waals surface area contributed by atoms with Gasteiger partial charge in [0.1, 0.15) is 5.82 Å². The predicted octanol–water partition coefficient (Wildman–Crippen LogP) is 11.8. The van der Waals surface area contributed by atoms with E-state index in [0.29, 0.717) is 10.6 Å². The van der Waals surface area contributed by atoms with E-state index in [-0.39, 0.29) is 5.82 Å². The summed E-state index contributed by atoms with van der Waals surface area (Å²) in [5.74, 6) is -0.252. The van der Waals surface area contributed by atoms with Crippen molar-refractivity contribution in [2.24, 2.45) is 0 Å². The predicted molar refractivity (Wildman–Crippen MR) is 156 cm³/mol. The number of rotatable bonds is 6. The van der Waals surface area contributed by atoms with Gasteiger partial charge in [-0.15, -0.1) is 6.58 Å². The second kappa shape index (κ2) is 21.4. The van der Waals surface area contributed by atoms with Crippen LogP contribution in [0.3, 0.4) is 0 Å². The lowest BCUT2D eigenvalue weighted by molar-refractivity contribution is 0.624. The molecule has 0 amide bonds. The number of allylic oxidation sites excluding steroid dienone is 5. The van der Waals surface area contributed by atoms with E-state index in [1.165, 1.54) is 42.9 Å². The molecule has 2 rings (SSSR count). The molecule has 34 heavy (non-hydrogen) atoms. The van der Waals surface area contributed by atoms with Crippen molar-refractivity contribution in [2.45, 2.75) is 94.4 Å². The molecule has 0 aliphatic heterocycles. The highest BCUT2D eigenvalue weighted by atomic mass is 35.5. The minimum Gasteiger partial charge on any atom is -0.206 e. The van der Waals surface area contributed by atoms with E-state index in [1.54, 1.807) is 18.2 Å². The van der Waals surface area contributed by atoms with E-state index in [0.717, 1.165) is 23.1 Å². The molecule has 190 valence electrons. The Morgan fingerprint density at radius 2 is 1.41 bits per heavy atom. The first-order valence-corrected chi connectivity index (χ1v) is 13.0. The fraction of sp³-hybridized carbons (Fsp3) is 0.438. The van der Waals surface area contributed by atoms with Crippen LogP contribution in [0.1, 0.15) is 103 Å². The van der Waals surface area contributed by atoms with Crippen LogP contribution >= 0.6 is 11.6 Å². The van der Waals surface area contributed by atoms with E-state index < -0.39 is 0 Å². The fourth-order valence-electron chi connectivity index (χ4n) is 2.51. The number of unbranched alkanes of at least 4 members (excludes halogenated alkanes) is 2. The molecule has 0 aliphatic rings. The van der Waals surface area contributed by atoms with Crippen LogP contribution in [-0.4, -0.2) is 0 Å². The molecule has 0 unspecified atom stereocenters. The summed E-state index contributed by atoms with van der Waals surface area (Å²) < 4.78 is 14.2. The van der Waals surface area contributed by atoms with Gasteiger partial charge in [-0.25, -0.2) is 4.39 Å². The maximum absolute atomic E-state index is 14.2. The third-order valence-electron chi connectivity index (χ3n) is 5.07. The fourth-order valence-corrected chi connectivity index (χ4v) is 2.68. The Balaban J connectivity index is 0. The highest BCUT2D eigenvalue weighted by molar-refractivity contribution is 6.30. The normalized spacial score (nSPS) is 10.7. The van der Waals surface area contributed by atoms with Crippen LogP contribution in [0.5, 0.6) is 0 Å². The number of halogens is 2. The van der Waals surface area contributed by atoms with Crippen LogP contribution in [0.15, 0.2) is 61.2 Å². The quantitative estimate of drug-likeness (QED) is 0.216. The van der Waals surface area contributed by atoms with Gasteiger partial charge in [-0.2, -0.15) is 0 Å². The summed E-state index contributed by atoms with van der Waals surface area (Å²) >= 11 is 6.05. The Hall–Kier alpha value is -2.12. The summed E-state index contributed by atoms with van der Waals surface area (Å²) in [5.41, 5.74) is 6.03. The Morgan fingerprint density at radius 3 is 1.85 bits per heavy atom. The number of aryl methyl sites for hydroxylation is 2. The van der Waals surface area contributed by atoms with Gasteiger partial charge in [0.2, 0.25) is 0 Å². The average Bonchev–Trinajstić information content (AvgIpc) is 2.83. The number of hydrogen-bond donors (Lipinski definition) is 0. The van der Waals surface area contributed by atoms with E-state index in [9.17, 15) is 4.39 Å². The molecule has 0 atom stereocenters. The molecule has 0 aliphatic carbocycles. The largest absolute Gasteiger partial charge is 0.206 e. The van der Waals surface area contributed by atoms with E-state index in [2.05, 4.69) is 85.4 Å². The molecule has 0 saturated carbocycles. The van der Waals surface area contributed by atoms with Crippen LogP contribution in [0.25, 0.3) is 11.1 Å². The van der Waals surface area contributed by atoms with Crippen molar-refractivity contribution in [3.05, 3.63) is 94.3 Å². The van der Waals surface area contributed by atoms with Crippen LogP contribution in [0.4, 0.5) is 4.39 Å². The first kappa shape index (κ1) is 34.0. The van der Waals surface area contributed by atoms with Gasteiger partial charge in [0, 0.05) is 10.6 Å². The first-order chi connectivity index (χ1) is 16.2. The standard InChI is InChI=1S/C21H22ClF.2C4H10.C3H6/c1-5-6-7-19(17-9-8-14(2)15(3)12-17)16(4)20-13-18(22)10-11-21(20)23;2*1-3-4-2;1-3-2/h6-13H,5H2,1-4H3;2*3-4H2,1-2H3;3H,1H2,2H3/b7-6-,19-16-;;;. The second-order valence-corrected chi connectivity index (χ2v) is 8.62. The van der Waals surface area contributed by atoms with Crippen LogP contribution in [-0.2, 0) is 0 Å². The summed E-state index contributed by atoms with van der Waals surface area (Å²) in [7, 11) is 0. The van der Waals surface area contributed by atoms with Crippen LogP contribution in [0, 0.1) is 19.7 Å². The Labute approximate surface area is 215 Å². The zero-order valence-electron chi connectivity index (χ0n) is 23.2. The minimum atomic E-state index is -0.252. The van der Waals surface area contributed by atoms with Crippen LogP contribution in [0.2, 0.25) is 5.02 Å². The van der Waals surface area contributed by atoms with Gasteiger partial charge < -0.3 is 0 Å². The number of benzene rings is 2. The van der Waals surface area contributed by atoms with Gasteiger partial charge in [0.15, 0.2) is 0 Å². The van der Waals surface area contributed by atoms with Crippen molar-refractivity contribution in [3.8, 4) is 0 Å². The van der Waals surface area contributed by atoms with Gasteiger partial charge in [-0.3, -0.25) is 0 Å². The summed E-state index contributed by atoms with van der Waals surface area (Å²) in [5, 5.41) is 0.541. The van der Waals surface area contributed by atoms with Gasteiger partial charge >= 0.3 is 0 Å². The maximum Gasteiger partial charge on any atom is 0.130 e. The van der Waals surface area contributed by atoms with Crippen molar-refractivity contribution in [1.29, 1.82) is 0 Å². The Bertz CT molecular complexity index is 867.